The highest BCUT2D eigenvalue weighted by Crippen LogP contribution is 2.32. The van der Waals surface area contributed by atoms with Crippen molar-refractivity contribution in [3.05, 3.63) is 18.2 Å². The van der Waals surface area contributed by atoms with Gasteiger partial charge in [-0.2, -0.15) is 0 Å². The van der Waals surface area contributed by atoms with E-state index < -0.39 is 0 Å². The lowest BCUT2D eigenvalue weighted by Crippen LogP contribution is -2.24. The van der Waals surface area contributed by atoms with Gasteiger partial charge in [0.2, 0.25) is 0 Å². The highest BCUT2D eigenvalue weighted by Gasteiger charge is 2.20. The van der Waals surface area contributed by atoms with Gasteiger partial charge in [0.15, 0.2) is 0 Å². The van der Waals surface area contributed by atoms with Gasteiger partial charge in [-0.15, -0.1) is 0 Å². The first-order chi connectivity index (χ1) is 7.31. The number of fused-ring (bicyclic) bond motifs is 1. The summed E-state index contributed by atoms with van der Waals surface area (Å²) in [6.45, 7) is 0. The predicted molar refractivity (Wildman–Crippen MR) is 62.3 cm³/mol. The van der Waals surface area contributed by atoms with E-state index in [4.69, 9.17) is 10.5 Å². The number of nitrogens with two attached hydrogens (primary N) is 1. The number of hydrogen-bond acceptors (Lipinski definition) is 4. The molecule has 1 aromatic heterocycles. The number of anilines is 1. The summed E-state index contributed by atoms with van der Waals surface area (Å²) in [7, 11) is 0. The quantitative estimate of drug-likeness (QED) is 0.792. The lowest BCUT2D eigenvalue weighted by atomic mass is 9.96. The first-order valence-electron chi connectivity index (χ1n) is 5.14. The van der Waals surface area contributed by atoms with Gasteiger partial charge >= 0.3 is 0 Å². The van der Waals surface area contributed by atoms with E-state index in [1.54, 1.807) is 11.3 Å². The number of thiazole rings is 1. The van der Waals surface area contributed by atoms with Crippen LogP contribution in [0.25, 0.3) is 10.2 Å². The second-order valence-corrected chi connectivity index (χ2v) is 4.87. The maximum atomic E-state index is 5.74. The Morgan fingerprint density at radius 1 is 1.40 bits per heavy atom. The SMILES string of the molecule is Nc1ccc2nc(OC3CCC3)sc2c1. The third-order valence-corrected chi connectivity index (χ3v) is 3.62. The largest absolute Gasteiger partial charge is 0.467 e. The molecule has 1 aliphatic rings. The number of nitrogen functional groups attached to an aromatic ring is 1. The number of hydrogen-bond donors (Lipinski definition) is 1. The maximum absolute atomic E-state index is 5.74. The molecule has 1 heterocycles. The predicted octanol–water partition coefficient (Wildman–Crippen LogP) is 2.81. The molecule has 0 radical (unpaired) electrons. The normalized spacial score (nSPS) is 16.5. The molecule has 1 fully saturated rings. The van der Waals surface area contributed by atoms with Crippen molar-refractivity contribution in [2.75, 3.05) is 5.73 Å². The molecule has 0 bridgehead atoms. The van der Waals surface area contributed by atoms with Crippen LogP contribution in [0.3, 0.4) is 0 Å². The van der Waals surface area contributed by atoms with Gasteiger partial charge in [-0.3, -0.25) is 0 Å². The first-order valence-corrected chi connectivity index (χ1v) is 5.95. The Hall–Kier alpha value is -1.29. The van der Waals surface area contributed by atoms with Crippen LogP contribution in [0.5, 0.6) is 5.19 Å². The Balaban J connectivity index is 1.91. The lowest BCUT2D eigenvalue weighted by Gasteiger charge is -2.24. The molecule has 2 aromatic rings. The van der Waals surface area contributed by atoms with Crippen molar-refractivity contribution in [2.24, 2.45) is 0 Å². The van der Waals surface area contributed by atoms with Crippen LogP contribution in [0.2, 0.25) is 0 Å². The van der Waals surface area contributed by atoms with Crippen molar-refractivity contribution >= 4 is 27.2 Å². The van der Waals surface area contributed by atoms with Gasteiger partial charge in [0.05, 0.1) is 10.2 Å². The summed E-state index contributed by atoms with van der Waals surface area (Å²) < 4.78 is 6.84. The fourth-order valence-electron chi connectivity index (χ4n) is 1.60. The number of ether oxygens (including phenoxy) is 1. The molecule has 0 saturated heterocycles. The van der Waals surface area contributed by atoms with Crippen molar-refractivity contribution in [2.45, 2.75) is 25.4 Å². The minimum absolute atomic E-state index is 0.392. The number of benzene rings is 1. The molecule has 0 aliphatic heterocycles. The molecule has 0 atom stereocenters. The van der Waals surface area contributed by atoms with Gasteiger partial charge in [-0.25, -0.2) is 4.98 Å². The average molecular weight is 220 g/mol. The van der Waals surface area contributed by atoms with Crippen molar-refractivity contribution in [1.29, 1.82) is 0 Å². The van der Waals surface area contributed by atoms with Crippen molar-refractivity contribution in [3.8, 4) is 5.19 Å². The molecule has 4 heteroatoms. The van der Waals surface area contributed by atoms with E-state index in [2.05, 4.69) is 4.98 Å². The van der Waals surface area contributed by atoms with E-state index in [1.165, 1.54) is 6.42 Å². The van der Waals surface area contributed by atoms with Crippen LogP contribution < -0.4 is 10.5 Å². The highest BCUT2D eigenvalue weighted by molar-refractivity contribution is 7.20. The number of aromatic nitrogens is 1. The summed E-state index contributed by atoms with van der Waals surface area (Å²) in [6, 6.07) is 5.75. The maximum Gasteiger partial charge on any atom is 0.274 e. The zero-order chi connectivity index (χ0) is 10.3. The van der Waals surface area contributed by atoms with Crippen LogP contribution in [-0.2, 0) is 0 Å². The van der Waals surface area contributed by atoms with Crippen LogP contribution >= 0.6 is 11.3 Å². The molecule has 78 valence electrons. The Bertz CT molecular complexity index is 490. The fraction of sp³-hybridized carbons (Fsp3) is 0.364. The van der Waals surface area contributed by atoms with Gasteiger partial charge in [0.1, 0.15) is 6.10 Å². The Labute approximate surface area is 91.9 Å². The second kappa shape index (κ2) is 3.38. The first kappa shape index (κ1) is 8.97. The van der Waals surface area contributed by atoms with Crippen LogP contribution in [0, 0.1) is 0 Å². The average Bonchev–Trinajstić information content (AvgIpc) is 2.53. The van der Waals surface area contributed by atoms with E-state index in [9.17, 15) is 0 Å². The monoisotopic (exact) mass is 220 g/mol. The van der Waals surface area contributed by atoms with Crippen molar-refractivity contribution < 1.29 is 4.74 Å². The molecule has 0 unspecified atom stereocenters. The summed E-state index contributed by atoms with van der Waals surface area (Å²) in [4.78, 5) is 4.42. The summed E-state index contributed by atoms with van der Waals surface area (Å²) in [5.74, 6) is 0. The zero-order valence-corrected chi connectivity index (χ0v) is 9.09. The number of rotatable bonds is 2. The van der Waals surface area contributed by atoms with E-state index in [1.807, 2.05) is 18.2 Å². The van der Waals surface area contributed by atoms with E-state index in [0.29, 0.717) is 6.10 Å². The minimum atomic E-state index is 0.392. The second-order valence-electron chi connectivity index (χ2n) is 3.88. The summed E-state index contributed by atoms with van der Waals surface area (Å²) in [5, 5.41) is 0.778. The van der Waals surface area contributed by atoms with Crippen molar-refractivity contribution in [1.82, 2.24) is 4.98 Å². The van der Waals surface area contributed by atoms with Gasteiger partial charge in [-0.1, -0.05) is 11.3 Å². The van der Waals surface area contributed by atoms with Crippen LogP contribution in [0.15, 0.2) is 18.2 Å². The summed E-state index contributed by atoms with van der Waals surface area (Å²) in [5.41, 5.74) is 7.46. The van der Waals surface area contributed by atoms with E-state index in [0.717, 1.165) is 33.9 Å². The van der Waals surface area contributed by atoms with Crippen LogP contribution in [0.1, 0.15) is 19.3 Å². The Morgan fingerprint density at radius 2 is 2.27 bits per heavy atom. The molecule has 1 aromatic carbocycles. The number of nitrogens with zero attached hydrogens (tertiary/aromatic N) is 1. The molecule has 0 spiro atoms. The summed E-state index contributed by atoms with van der Waals surface area (Å²) in [6.07, 6.45) is 4.00. The van der Waals surface area contributed by atoms with E-state index >= 15 is 0 Å². The Kier molecular flexibility index (Phi) is 2.02. The Morgan fingerprint density at radius 3 is 3.00 bits per heavy atom. The smallest absolute Gasteiger partial charge is 0.274 e. The topological polar surface area (TPSA) is 48.1 Å². The molecular formula is C11H12N2OS. The molecule has 1 aliphatic carbocycles. The van der Waals surface area contributed by atoms with Gasteiger partial charge in [-0.05, 0) is 37.5 Å². The highest BCUT2D eigenvalue weighted by atomic mass is 32.1. The minimum Gasteiger partial charge on any atom is -0.467 e. The summed E-state index contributed by atoms with van der Waals surface area (Å²) >= 11 is 1.58. The molecule has 3 nitrogen and oxygen atoms in total. The fourth-order valence-corrected chi connectivity index (χ4v) is 2.53. The third kappa shape index (κ3) is 1.65. The van der Waals surface area contributed by atoms with Gasteiger partial charge in [0.25, 0.3) is 5.19 Å². The standard InChI is InChI=1S/C11H12N2OS/c12-7-4-5-9-10(6-7)15-11(13-9)14-8-2-1-3-8/h4-6,8H,1-3,12H2. The lowest BCUT2D eigenvalue weighted by molar-refractivity contribution is 0.120. The zero-order valence-electron chi connectivity index (χ0n) is 8.27. The van der Waals surface area contributed by atoms with Gasteiger partial charge < -0.3 is 10.5 Å². The van der Waals surface area contributed by atoms with E-state index in [-0.39, 0.29) is 0 Å². The van der Waals surface area contributed by atoms with Crippen LogP contribution in [-0.4, -0.2) is 11.1 Å². The van der Waals surface area contributed by atoms with Gasteiger partial charge in [0, 0.05) is 5.69 Å². The molecule has 3 rings (SSSR count). The molecular weight excluding hydrogens is 208 g/mol. The third-order valence-electron chi connectivity index (χ3n) is 2.71. The van der Waals surface area contributed by atoms with Crippen LogP contribution in [0.4, 0.5) is 5.69 Å². The molecule has 2 N–H and O–H groups in total. The molecule has 15 heavy (non-hydrogen) atoms. The van der Waals surface area contributed by atoms with Crippen molar-refractivity contribution in [3.63, 3.8) is 0 Å². The molecule has 1 saturated carbocycles. The molecule has 0 amide bonds.